The van der Waals surface area contributed by atoms with Gasteiger partial charge in [0.25, 0.3) is 5.91 Å². The molecule has 0 saturated carbocycles. The minimum atomic E-state index is -0.151. The Kier molecular flexibility index (Phi) is 4.38. The summed E-state index contributed by atoms with van der Waals surface area (Å²) in [5, 5.41) is 4.76. The van der Waals surface area contributed by atoms with Gasteiger partial charge in [0.1, 0.15) is 0 Å². The fourth-order valence-corrected chi connectivity index (χ4v) is 3.74. The smallest absolute Gasteiger partial charge is 0.256 e. The van der Waals surface area contributed by atoms with E-state index in [1.54, 1.807) is 18.2 Å². The number of carbonyl (C=O) groups is 2. The van der Waals surface area contributed by atoms with Gasteiger partial charge in [0.2, 0.25) is 5.78 Å². The first kappa shape index (κ1) is 17.2. The molecule has 4 nitrogen and oxygen atoms in total. The molecule has 3 aromatic rings. The molecule has 1 aromatic heterocycles. The molecule has 1 aliphatic heterocycles. The highest BCUT2D eigenvalue weighted by Gasteiger charge is 2.25. The summed E-state index contributed by atoms with van der Waals surface area (Å²) >= 11 is 1.42. The van der Waals surface area contributed by atoms with Crippen LogP contribution >= 0.6 is 11.3 Å². The summed E-state index contributed by atoms with van der Waals surface area (Å²) in [5.74, 6) is -0.177. The van der Waals surface area contributed by atoms with Crippen molar-refractivity contribution in [2.45, 2.75) is 0 Å². The van der Waals surface area contributed by atoms with Gasteiger partial charge in [-0.3, -0.25) is 9.59 Å². The van der Waals surface area contributed by atoms with Gasteiger partial charge in [0.05, 0.1) is 4.88 Å². The second kappa shape index (κ2) is 6.85. The highest BCUT2D eigenvalue weighted by atomic mass is 32.1. The van der Waals surface area contributed by atoms with Crippen LogP contribution in [0.25, 0.3) is 11.6 Å². The lowest BCUT2D eigenvalue weighted by atomic mass is 9.99. The maximum atomic E-state index is 12.6. The summed E-state index contributed by atoms with van der Waals surface area (Å²) in [4.78, 5) is 27.8. The molecule has 0 saturated heterocycles. The van der Waals surface area contributed by atoms with Crippen LogP contribution in [0.15, 0.2) is 60.0 Å². The van der Waals surface area contributed by atoms with Crippen molar-refractivity contribution < 1.29 is 9.59 Å². The zero-order valence-corrected chi connectivity index (χ0v) is 15.8. The Labute approximate surface area is 161 Å². The van der Waals surface area contributed by atoms with Gasteiger partial charge in [-0.15, -0.1) is 11.3 Å². The Bertz CT molecular complexity index is 1050. The largest absolute Gasteiger partial charge is 0.378 e. The molecule has 0 aliphatic carbocycles. The number of nitrogens with zero attached hydrogens (tertiary/aromatic N) is 1. The molecule has 27 heavy (non-hydrogen) atoms. The number of hydrogen-bond acceptors (Lipinski definition) is 4. The van der Waals surface area contributed by atoms with Crippen LogP contribution in [0.3, 0.4) is 0 Å². The van der Waals surface area contributed by atoms with E-state index in [4.69, 9.17) is 0 Å². The Hall–Kier alpha value is -3.18. The van der Waals surface area contributed by atoms with Gasteiger partial charge in [-0.2, -0.15) is 0 Å². The van der Waals surface area contributed by atoms with Gasteiger partial charge >= 0.3 is 0 Å². The Morgan fingerprint density at radius 3 is 2.52 bits per heavy atom. The summed E-state index contributed by atoms with van der Waals surface area (Å²) in [6.07, 6.45) is 1.86. The maximum absolute atomic E-state index is 12.6. The first-order valence-corrected chi connectivity index (χ1v) is 9.44. The van der Waals surface area contributed by atoms with Gasteiger partial charge in [-0.1, -0.05) is 18.2 Å². The van der Waals surface area contributed by atoms with Crippen LogP contribution in [0.2, 0.25) is 0 Å². The van der Waals surface area contributed by atoms with Crippen molar-refractivity contribution in [1.29, 1.82) is 0 Å². The van der Waals surface area contributed by atoms with Gasteiger partial charge in [0.15, 0.2) is 0 Å². The highest BCUT2D eigenvalue weighted by molar-refractivity contribution is 7.12. The minimum absolute atomic E-state index is 0.0261. The van der Waals surface area contributed by atoms with E-state index in [0.717, 1.165) is 22.5 Å². The van der Waals surface area contributed by atoms with E-state index in [1.165, 1.54) is 11.3 Å². The Morgan fingerprint density at radius 1 is 1.07 bits per heavy atom. The number of ketones is 1. The average Bonchev–Trinajstić information content (AvgIpc) is 3.30. The van der Waals surface area contributed by atoms with Crippen molar-refractivity contribution in [3.8, 4) is 0 Å². The van der Waals surface area contributed by atoms with Crippen LogP contribution < -0.4 is 10.2 Å². The number of nitrogens with one attached hydrogen (secondary N) is 1. The van der Waals surface area contributed by atoms with E-state index < -0.39 is 0 Å². The molecule has 0 radical (unpaired) electrons. The van der Waals surface area contributed by atoms with Crippen LogP contribution in [0.1, 0.15) is 26.4 Å². The molecule has 134 valence electrons. The number of carbonyl (C=O) groups excluding carboxylic acids is 2. The van der Waals surface area contributed by atoms with Gasteiger partial charge in [-0.05, 0) is 53.4 Å². The van der Waals surface area contributed by atoms with Crippen LogP contribution in [0.4, 0.5) is 11.4 Å². The number of anilines is 2. The van der Waals surface area contributed by atoms with Crippen molar-refractivity contribution in [2.75, 3.05) is 24.3 Å². The highest BCUT2D eigenvalue weighted by Crippen LogP contribution is 2.34. The van der Waals surface area contributed by atoms with Gasteiger partial charge in [-0.25, -0.2) is 0 Å². The number of thiophene rings is 1. The molecular formula is C22H18N2O2S. The normalized spacial score (nSPS) is 14.1. The number of hydrogen-bond donors (Lipinski definition) is 1. The fraction of sp³-hybridized carbons (Fsp3) is 0.0909. The SMILES string of the molecule is CN(C)c1ccc(/C=C2/C(=O)Nc3ccc(C(=O)c4cccs4)cc32)cc1. The van der Waals surface area contributed by atoms with Crippen LogP contribution in [0.5, 0.6) is 0 Å². The molecule has 1 N–H and O–H groups in total. The lowest BCUT2D eigenvalue weighted by molar-refractivity contribution is -0.110. The summed E-state index contributed by atoms with van der Waals surface area (Å²) in [6, 6.07) is 17.0. The molecule has 1 aliphatic rings. The van der Waals surface area contributed by atoms with Crippen LogP contribution in [-0.2, 0) is 4.79 Å². The second-order valence-corrected chi connectivity index (χ2v) is 7.51. The van der Waals surface area contributed by atoms with Crippen molar-refractivity contribution >= 4 is 46.1 Å². The van der Waals surface area contributed by atoms with Gasteiger partial charge in [0, 0.05) is 42.2 Å². The zero-order valence-electron chi connectivity index (χ0n) is 15.0. The topological polar surface area (TPSA) is 49.4 Å². The molecule has 4 rings (SSSR count). The predicted octanol–water partition coefficient (Wildman–Crippen LogP) is 4.54. The van der Waals surface area contributed by atoms with E-state index in [2.05, 4.69) is 5.32 Å². The number of amides is 1. The molecule has 2 aromatic carbocycles. The number of benzene rings is 2. The van der Waals surface area contributed by atoms with E-state index in [9.17, 15) is 9.59 Å². The third-order valence-electron chi connectivity index (χ3n) is 4.53. The van der Waals surface area contributed by atoms with Gasteiger partial charge < -0.3 is 10.2 Å². The first-order chi connectivity index (χ1) is 13.0. The number of fused-ring (bicyclic) bond motifs is 1. The molecule has 2 heterocycles. The predicted molar refractivity (Wildman–Crippen MR) is 111 cm³/mol. The Morgan fingerprint density at radius 2 is 1.85 bits per heavy atom. The summed E-state index contributed by atoms with van der Waals surface area (Å²) in [6.45, 7) is 0. The zero-order chi connectivity index (χ0) is 19.0. The molecule has 0 bridgehead atoms. The van der Waals surface area contributed by atoms with E-state index in [1.807, 2.05) is 66.8 Å². The van der Waals surface area contributed by atoms with E-state index in [0.29, 0.717) is 16.0 Å². The standard InChI is InChI=1S/C22H18N2O2S/c1-24(2)16-8-5-14(6-9-16)12-18-17-13-15(7-10-19(17)23-22(18)26)21(25)20-4-3-11-27-20/h3-13H,1-2H3,(H,23,26)/b18-12+. The second-order valence-electron chi connectivity index (χ2n) is 6.56. The third-order valence-corrected chi connectivity index (χ3v) is 5.40. The van der Waals surface area contributed by atoms with Crippen molar-refractivity contribution in [2.24, 2.45) is 0 Å². The quantitative estimate of drug-likeness (QED) is 0.539. The molecule has 0 atom stereocenters. The minimum Gasteiger partial charge on any atom is -0.378 e. The number of rotatable bonds is 4. The third kappa shape index (κ3) is 3.29. The molecule has 1 amide bonds. The van der Waals surface area contributed by atoms with Crippen LogP contribution in [0, 0.1) is 0 Å². The molecule has 5 heteroatoms. The average molecular weight is 374 g/mol. The van der Waals surface area contributed by atoms with E-state index >= 15 is 0 Å². The van der Waals surface area contributed by atoms with Crippen molar-refractivity contribution in [3.63, 3.8) is 0 Å². The molecular weight excluding hydrogens is 356 g/mol. The summed E-state index contributed by atoms with van der Waals surface area (Å²) < 4.78 is 0. The fourth-order valence-electron chi connectivity index (χ4n) is 3.06. The Balaban J connectivity index is 1.71. The van der Waals surface area contributed by atoms with Crippen molar-refractivity contribution in [3.05, 3.63) is 81.5 Å². The molecule has 0 unspecified atom stereocenters. The lowest BCUT2D eigenvalue weighted by Gasteiger charge is -2.12. The molecule has 0 spiro atoms. The monoisotopic (exact) mass is 374 g/mol. The summed E-state index contributed by atoms with van der Waals surface area (Å²) in [5.41, 5.74) is 4.69. The van der Waals surface area contributed by atoms with Crippen molar-refractivity contribution in [1.82, 2.24) is 0 Å². The van der Waals surface area contributed by atoms with Crippen LogP contribution in [-0.4, -0.2) is 25.8 Å². The maximum Gasteiger partial charge on any atom is 0.256 e. The lowest BCUT2D eigenvalue weighted by Crippen LogP contribution is -2.08. The molecule has 0 fully saturated rings. The first-order valence-electron chi connectivity index (χ1n) is 8.56. The van der Waals surface area contributed by atoms with E-state index in [-0.39, 0.29) is 11.7 Å². The summed E-state index contributed by atoms with van der Waals surface area (Å²) in [7, 11) is 3.97.